The van der Waals surface area contributed by atoms with Crippen LogP contribution in [0.15, 0.2) is 54.9 Å². The second kappa shape index (κ2) is 8.18. The Morgan fingerprint density at radius 2 is 1.97 bits per heavy atom. The first kappa shape index (κ1) is 18.7. The molecule has 0 atom stereocenters. The summed E-state index contributed by atoms with van der Waals surface area (Å²) >= 11 is 0. The molecular formula is C22H22N4O3. The van der Waals surface area contributed by atoms with Crippen molar-refractivity contribution in [1.82, 2.24) is 15.3 Å². The van der Waals surface area contributed by atoms with E-state index in [4.69, 9.17) is 9.47 Å². The first-order valence-corrected chi connectivity index (χ1v) is 9.47. The molecule has 7 heteroatoms. The van der Waals surface area contributed by atoms with Gasteiger partial charge in [0.15, 0.2) is 17.3 Å². The van der Waals surface area contributed by atoms with Crippen LogP contribution in [-0.4, -0.2) is 29.2 Å². The minimum atomic E-state index is -0.277. The molecule has 2 heterocycles. The summed E-state index contributed by atoms with van der Waals surface area (Å²) < 4.78 is 10.7. The van der Waals surface area contributed by atoms with Gasteiger partial charge in [0.25, 0.3) is 5.91 Å². The standard InChI is InChI=1S/C22H22N4O3/c1-3-26(17-6-4-5-15(2)9-17)21-13-23-18(12-24-21)22(27)25-11-16-7-8-19-20(10-16)29-14-28-19/h4-10,12-13H,3,11,14H2,1-2H3,(H,25,27). The summed E-state index contributed by atoms with van der Waals surface area (Å²) in [6, 6.07) is 13.8. The highest BCUT2D eigenvalue weighted by atomic mass is 16.7. The SMILES string of the molecule is CCN(c1cccc(C)c1)c1cnc(C(=O)NCc2ccc3c(c2)OCO3)cn1. The molecule has 4 rings (SSSR count). The molecule has 0 aliphatic carbocycles. The van der Waals surface area contributed by atoms with Crippen LogP contribution in [0.25, 0.3) is 0 Å². The highest BCUT2D eigenvalue weighted by molar-refractivity contribution is 5.92. The average molecular weight is 390 g/mol. The predicted molar refractivity (Wildman–Crippen MR) is 110 cm³/mol. The van der Waals surface area contributed by atoms with Crippen molar-refractivity contribution in [2.45, 2.75) is 20.4 Å². The number of fused-ring (bicyclic) bond motifs is 1. The average Bonchev–Trinajstić information content (AvgIpc) is 3.21. The van der Waals surface area contributed by atoms with Crippen molar-refractivity contribution < 1.29 is 14.3 Å². The molecule has 2 aromatic carbocycles. The largest absolute Gasteiger partial charge is 0.454 e. The molecule has 1 aromatic heterocycles. The Hall–Kier alpha value is -3.61. The zero-order chi connectivity index (χ0) is 20.2. The number of aromatic nitrogens is 2. The molecule has 0 unspecified atom stereocenters. The molecule has 29 heavy (non-hydrogen) atoms. The van der Waals surface area contributed by atoms with Gasteiger partial charge in [-0.1, -0.05) is 18.2 Å². The fraction of sp³-hybridized carbons (Fsp3) is 0.227. The van der Waals surface area contributed by atoms with E-state index in [-0.39, 0.29) is 18.4 Å². The number of ether oxygens (including phenoxy) is 2. The Labute approximate surface area is 169 Å². The number of carbonyl (C=O) groups is 1. The van der Waals surface area contributed by atoms with E-state index < -0.39 is 0 Å². The number of nitrogens with zero attached hydrogens (tertiary/aromatic N) is 3. The number of rotatable bonds is 6. The molecule has 0 saturated carbocycles. The zero-order valence-electron chi connectivity index (χ0n) is 16.4. The highest BCUT2D eigenvalue weighted by Gasteiger charge is 2.15. The molecule has 1 amide bonds. The lowest BCUT2D eigenvalue weighted by Gasteiger charge is -2.22. The Bertz CT molecular complexity index is 1020. The second-order valence-electron chi connectivity index (χ2n) is 6.71. The normalized spacial score (nSPS) is 11.9. The minimum absolute atomic E-state index is 0.227. The fourth-order valence-corrected chi connectivity index (χ4v) is 3.17. The summed E-state index contributed by atoms with van der Waals surface area (Å²) in [6.45, 7) is 5.44. The molecule has 1 aliphatic heterocycles. The highest BCUT2D eigenvalue weighted by Crippen LogP contribution is 2.32. The first-order chi connectivity index (χ1) is 14.1. The molecular weight excluding hydrogens is 368 g/mol. The van der Waals surface area contributed by atoms with Crippen molar-refractivity contribution in [2.75, 3.05) is 18.2 Å². The Balaban J connectivity index is 1.42. The topological polar surface area (TPSA) is 76.6 Å². The smallest absolute Gasteiger partial charge is 0.271 e. The molecule has 3 aromatic rings. The first-order valence-electron chi connectivity index (χ1n) is 9.47. The van der Waals surface area contributed by atoms with Crippen LogP contribution in [0.3, 0.4) is 0 Å². The van der Waals surface area contributed by atoms with E-state index in [0.717, 1.165) is 23.5 Å². The third-order valence-electron chi connectivity index (χ3n) is 4.67. The van der Waals surface area contributed by atoms with Gasteiger partial charge in [-0.05, 0) is 49.2 Å². The molecule has 0 bridgehead atoms. The molecule has 148 valence electrons. The van der Waals surface area contributed by atoms with Crippen LogP contribution in [0.5, 0.6) is 11.5 Å². The van der Waals surface area contributed by atoms with E-state index in [1.165, 1.54) is 11.8 Å². The number of amides is 1. The van der Waals surface area contributed by atoms with Gasteiger partial charge in [0.2, 0.25) is 6.79 Å². The Morgan fingerprint density at radius 1 is 1.10 bits per heavy atom. The number of anilines is 2. The van der Waals surface area contributed by atoms with Crippen molar-refractivity contribution in [2.24, 2.45) is 0 Å². The summed E-state index contributed by atoms with van der Waals surface area (Å²) in [5.41, 5.74) is 3.41. The summed E-state index contributed by atoms with van der Waals surface area (Å²) in [7, 11) is 0. The molecule has 7 nitrogen and oxygen atoms in total. The quantitative estimate of drug-likeness (QED) is 0.693. The number of benzene rings is 2. The molecule has 0 saturated heterocycles. The third kappa shape index (κ3) is 4.13. The number of hydrogen-bond donors (Lipinski definition) is 1. The number of hydrogen-bond acceptors (Lipinski definition) is 6. The monoisotopic (exact) mass is 390 g/mol. The van der Waals surface area contributed by atoms with E-state index in [0.29, 0.717) is 18.1 Å². The lowest BCUT2D eigenvalue weighted by molar-refractivity contribution is 0.0945. The van der Waals surface area contributed by atoms with Gasteiger partial charge in [0.1, 0.15) is 5.69 Å². The van der Waals surface area contributed by atoms with Gasteiger partial charge in [-0.25, -0.2) is 9.97 Å². The lowest BCUT2D eigenvalue weighted by Crippen LogP contribution is -2.24. The van der Waals surface area contributed by atoms with Gasteiger partial charge in [-0.3, -0.25) is 4.79 Å². The van der Waals surface area contributed by atoms with Crippen molar-refractivity contribution in [3.8, 4) is 11.5 Å². The molecule has 0 spiro atoms. The van der Waals surface area contributed by atoms with Crippen LogP contribution >= 0.6 is 0 Å². The zero-order valence-corrected chi connectivity index (χ0v) is 16.4. The molecule has 1 aliphatic rings. The van der Waals surface area contributed by atoms with Crippen LogP contribution in [0.2, 0.25) is 0 Å². The van der Waals surface area contributed by atoms with Crippen LogP contribution in [0.1, 0.15) is 28.5 Å². The molecule has 0 fully saturated rings. The van der Waals surface area contributed by atoms with Gasteiger partial charge in [-0.15, -0.1) is 0 Å². The van der Waals surface area contributed by atoms with Crippen LogP contribution in [0, 0.1) is 6.92 Å². The second-order valence-corrected chi connectivity index (χ2v) is 6.71. The maximum absolute atomic E-state index is 12.4. The van der Waals surface area contributed by atoms with Crippen LogP contribution in [-0.2, 0) is 6.54 Å². The van der Waals surface area contributed by atoms with E-state index in [2.05, 4.69) is 41.3 Å². The Kier molecular flexibility index (Phi) is 5.29. The van der Waals surface area contributed by atoms with Crippen LogP contribution < -0.4 is 19.7 Å². The molecule has 1 N–H and O–H groups in total. The summed E-state index contributed by atoms with van der Waals surface area (Å²) in [6.07, 6.45) is 3.13. The van der Waals surface area contributed by atoms with Gasteiger partial charge < -0.3 is 19.7 Å². The maximum Gasteiger partial charge on any atom is 0.271 e. The Morgan fingerprint density at radius 3 is 2.72 bits per heavy atom. The number of aryl methyl sites for hydroxylation is 1. The van der Waals surface area contributed by atoms with Gasteiger partial charge in [-0.2, -0.15) is 0 Å². The van der Waals surface area contributed by atoms with Gasteiger partial charge >= 0.3 is 0 Å². The summed E-state index contributed by atoms with van der Waals surface area (Å²) in [5, 5.41) is 2.86. The van der Waals surface area contributed by atoms with Crippen molar-refractivity contribution in [1.29, 1.82) is 0 Å². The van der Waals surface area contributed by atoms with Gasteiger partial charge in [0.05, 0.1) is 12.4 Å². The van der Waals surface area contributed by atoms with E-state index in [9.17, 15) is 4.79 Å². The van der Waals surface area contributed by atoms with Crippen molar-refractivity contribution in [3.63, 3.8) is 0 Å². The maximum atomic E-state index is 12.4. The van der Waals surface area contributed by atoms with Crippen LogP contribution in [0.4, 0.5) is 11.5 Å². The minimum Gasteiger partial charge on any atom is -0.454 e. The summed E-state index contributed by atoms with van der Waals surface area (Å²) in [5.74, 6) is 1.83. The fourth-order valence-electron chi connectivity index (χ4n) is 3.17. The lowest BCUT2D eigenvalue weighted by atomic mass is 10.2. The van der Waals surface area contributed by atoms with Crippen molar-refractivity contribution in [3.05, 3.63) is 71.7 Å². The van der Waals surface area contributed by atoms with E-state index >= 15 is 0 Å². The predicted octanol–water partition coefficient (Wildman–Crippen LogP) is 3.60. The van der Waals surface area contributed by atoms with E-state index in [1.54, 1.807) is 6.20 Å². The van der Waals surface area contributed by atoms with E-state index in [1.807, 2.05) is 35.2 Å². The third-order valence-corrected chi connectivity index (χ3v) is 4.67. The number of carbonyl (C=O) groups excluding carboxylic acids is 1. The van der Waals surface area contributed by atoms with Crippen molar-refractivity contribution >= 4 is 17.4 Å². The summed E-state index contributed by atoms with van der Waals surface area (Å²) in [4.78, 5) is 23.2. The molecule has 0 radical (unpaired) electrons. The number of nitrogens with one attached hydrogen (secondary N) is 1. The van der Waals surface area contributed by atoms with Gasteiger partial charge in [0, 0.05) is 18.8 Å².